The highest BCUT2D eigenvalue weighted by molar-refractivity contribution is 6.07. The summed E-state index contributed by atoms with van der Waals surface area (Å²) in [5, 5.41) is 12.2. The van der Waals surface area contributed by atoms with Gasteiger partial charge >= 0.3 is 0 Å². The molecule has 1 N–H and O–H groups in total. The fourth-order valence-electron chi connectivity index (χ4n) is 3.72. The minimum absolute atomic E-state index is 0.253. The molecule has 5 aromatic rings. The van der Waals surface area contributed by atoms with Crippen LogP contribution in [0.4, 0.5) is 5.82 Å². The van der Waals surface area contributed by atoms with Gasteiger partial charge in [-0.15, -0.1) is 0 Å². The first-order chi connectivity index (χ1) is 16.2. The lowest BCUT2D eigenvalue weighted by atomic mass is 10.1. The number of carbonyl (C=O) groups excluding carboxylic acids is 1. The first-order valence-electron chi connectivity index (χ1n) is 10.8. The van der Waals surface area contributed by atoms with Crippen molar-refractivity contribution in [3.63, 3.8) is 0 Å². The Morgan fingerprint density at radius 3 is 2.30 bits per heavy atom. The third-order valence-electron chi connectivity index (χ3n) is 5.50. The molecule has 0 fully saturated rings. The quantitative estimate of drug-likeness (QED) is 0.393. The van der Waals surface area contributed by atoms with Crippen LogP contribution in [0.2, 0.25) is 0 Å². The molecule has 0 bridgehead atoms. The molecule has 33 heavy (non-hydrogen) atoms. The van der Waals surface area contributed by atoms with E-state index >= 15 is 0 Å². The van der Waals surface area contributed by atoms with Gasteiger partial charge in [-0.1, -0.05) is 72.8 Å². The molecule has 162 valence electrons. The zero-order valence-electron chi connectivity index (χ0n) is 18.2. The molecule has 5 rings (SSSR count). The fourth-order valence-corrected chi connectivity index (χ4v) is 3.72. The highest BCUT2D eigenvalue weighted by atomic mass is 16.1. The van der Waals surface area contributed by atoms with Crippen molar-refractivity contribution in [3.8, 4) is 16.9 Å². The average Bonchev–Trinajstić information content (AvgIpc) is 3.49. The maximum Gasteiger partial charge on any atom is 0.260 e. The molecule has 0 radical (unpaired) electrons. The van der Waals surface area contributed by atoms with Crippen LogP contribution in [-0.4, -0.2) is 25.5 Å². The molecule has 3 aromatic carbocycles. The zero-order chi connectivity index (χ0) is 22.6. The summed E-state index contributed by atoms with van der Waals surface area (Å²) in [5.74, 6) is 0.247. The lowest BCUT2D eigenvalue weighted by molar-refractivity contribution is 0.102. The molecular formula is C27H23N5O. The molecular weight excluding hydrogens is 410 g/mol. The number of amides is 1. The molecule has 0 aliphatic carbocycles. The Morgan fingerprint density at radius 1 is 0.848 bits per heavy atom. The van der Waals surface area contributed by atoms with Gasteiger partial charge in [-0.25, -0.2) is 4.68 Å². The number of aryl methyl sites for hydroxylation is 1. The van der Waals surface area contributed by atoms with Gasteiger partial charge in [0.05, 0.1) is 17.8 Å². The molecule has 0 unspecified atom stereocenters. The highest BCUT2D eigenvalue weighted by Crippen LogP contribution is 2.24. The summed E-state index contributed by atoms with van der Waals surface area (Å²) in [7, 11) is 0. The van der Waals surface area contributed by atoms with Crippen molar-refractivity contribution in [3.05, 3.63) is 120 Å². The van der Waals surface area contributed by atoms with Crippen molar-refractivity contribution in [1.29, 1.82) is 0 Å². The summed E-state index contributed by atoms with van der Waals surface area (Å²) < 4.78 is 3.55. The van der Waals surface area contributed by atoms with Crippen molar-refractivity contribution < 1.29 is 4.79 Å². The van der Waals surface area contributed by atoms with Crippen LogP contribution < -0.4 is 5.32 Å². The summed E-state index contributed by atoms with van der Waals surface area (Å²) in [6, 6.07) is 29.5. The van der Waals surface area contributed by atoms with Crippen LogP contribution in [0.15, 0.2) is 103 Å². The lowest BCUT2D eigenvalue weighted by Crippen LogP contribution is -2.13. The first-order valence-corrected chi connectivity index (χ1v) is 10.8. The second kappa shape index (κ2) is 8.96. The summed E-state index contributed by atoms with van der Waals surface area (Å²) >= 11 is 0. The predicted octanol–water partition coefficient (Wildman–Crippen LogP) is 5.34. The van der Waals surface area contributed by atoms with E-state index < -0.39 is 0 Å². The third kappa shape index (κ3) is 4.45. The predicted molar refractivity (Wildman–Crippen MR) is 129 cm³/mol. The molecule has 0 aliphatic rings. The molecule has 2 heterocycles. The van der Waals surface area contributed by atoms with Gasteiger partial charge in [-0.3, -0.25) is 9.48 Å². The highest BCUT2D eigenvalue weighted by Gasteiger charge is 2.19. The number of anilines is 1. The molecule has 0 saturated heterocycles. The van der Waals surface area contributed by atoms with Gasteiger partial charge in [0.15, 0.2) is 5.82 Å². The van der Waals surface area contributed by atoms with Crippen LogP contribution in [0.5, 0.6) is 0 Å². The van der Waals surface area contributed by atoms with Crippen LogP contribution in [0.25, 0.3) is 16.9 Å². The standard InChI is InChI=1S/C27H23N5O/c1-20-10-8-9-13-22(20)18-31-17-16-25(29-31)28-27(33)24-19-32(23-14-6-3-7-15-23)30-26(24)21-11-4-2-5-12-21/h2-17,19H,18H2,1H3,(H,28,29,33). The Hall–Kier alpha value is -4.45. The Morgan fingerprint density at radius 2 is 1.55 bits per heavy atom. The van der Waals surface area contributed by atoms with E-state index in [1.54, 1.807) is 16.9 Å². The van der Waals surface area contributed by atoms with E-state index in [0.29, 0.717) is 23.6 Å². The number of carbonyl (C=O) groups is 1. The first kappa shape index (κ1) is 20.5. The van der Waals surface area contributed by atoms with Crippen molar-refractivity contribution in [2.75, 3.05) is 5.32 Å². The molecule has 0 aliphatic heterocycles. The lowest BCUT2D eigenvalue weighted by Gasteiger charge is -2.06. The molecule has 0 spiro atoms. The fraction of sp³-hybridized carbons (Fsp3) is 0.0741. The van der Waals surface area contributed by atoms with Gasteiger partial charge in [0.2, 0.25) is 0 Å². The monoisotopic (exact) mass is 433 g/mol. The van der Waals surface area contributed by atoms with E-state index in [9.17, 15) is 4.79 Å². The Bertz CT molecular complexity index is 1390. The van der Waals surface area contributed by atoms with Crippen LogP contribution in [0, 0.1) is 6.92 Å². The number of aromatic nitrogens is 4. The largest absolute Gasteiger partial charge is 0.305 e. The van der Waals surface area contributed by atoms with Crippen molar-refractivity contribution in [1.82, 2.24) is 19.6 Å². The number of nitrogens with one attached hydrogen (secondary N) is 1. The third-order valence-corrected chi connectivity index (χ3v) is 5.50. The molecule has 6 heteroatoms. The molecule has 0 atom stereocenters. The Labute approximate surface area is 192 Å². The Balaban J connectivity index is 1.42. The Kier molecular flexibility index (Phi) is 5.55. The average molecular weight is 434 g/mol. The number of para-hydroxylation sites is 1. The minimum Gasteiger partial charge on any atom is -0.305 e. The second-order valence-electron chi connectivity index (χ2n) is 7.82. The van der Waals surface area contributed by atoms with Crippen molar-refractivity contribution in [2.45, 2.75) is 13.5 Å². The van der Waals surface area contributed by atoms with Gasteiger partial charge in [0.1, 0.15) is 5.69 Å². The van der Waals surface area contributed by atoms with Gasteiger partial charge < -0.3 is 5.32 Å². The second-order valence-corrected chi connectivity index (χ2v) is 7.82. The van der Waals surface area contributed by atoms with Gasteiger partial charge in [-0.05, 0) is 30.2 Å². The number of rotatable bonds is 6. The van der Waals surface area contributed by atoms with E-state index in [2.05, 4.69) is 29.5 Å². The summed E-state index contributed by atoms with van der Waals surface area (Å²) in [6.45, 7) is 2.72. The van der Waals surface area contributed by atoms with E-state index in [-0.39, 0.29) is 5.91 Å². The van der Waals surface area contributed by atoms with E-state index in [1.165, 1.54) is 11.1 Å². The topological polar surface area (TPSA) is 64.7 Å². The maximum atomic E-state index is 13.3. The number of hydrogen-bond donors (Lipinski definition) is 1. The smallest absolute Gasteiger partial charge is 0.260 e. The normalized spacial score (nSPS) is 10.8. The summed E-state index contributed by atoms with van der Waals surface area (Å²) in [6.07, 6.45) is 3.63. The van der Waals surface area contributed by atoms with E-state index in [1.807, 2.05) is 83.7 Å². The number of benzene rings is 3. The number of hydrogen-bond acceptors (Lipinski definition) is 3. The van der Waals surface area contributed by atoms with E-state index in [0.717, 1.165) is 11.3 Å². The summed E-state index contributed by atoms with van der Waals surface area (Å²) in [5.41, 5.74) is 5.27. The molecule has 0 saturated carbocycles. The molecule has 2 aromatic heterocycles. The van der Waals surface area contributed by atoms with Crippen LogP contribution in [-0.2, 0) is 6.54 Å². The van der Waals surface area contributed by atoms with Gasteiger partial charge in [0, 0.05) is 24.0 Å². The van der Waals surface area contributed by atoms with Crippen molar-refractivity contribution >= 4 is 11.7 Å². The zero-order valence-corrected chi connectivity index (χ0v) is 18.2. The van der Waals surface area contributed by atoms with Crippen LogP contribution in [0.3, 0.4) is 0 Å². The molecule has 1 amide bonds. The van der Waals surface area contributed by atoms with Gasteiger partial charge in [-0.2, -0.15) is 10.2 Å². The summed E-state index contributed by atoms with van der Waals surface area (Å²) in [4.78, 5) is 13.3. The van der Waals surface area contributed by atoms with Crippen molar-refractivity contribution in [2.24, 2.45) is 0 Å². The van der Waals surface area contributed by atoms with Crippen LogP contribution in [0.1, 0.15) is 21.5 Å². The maximum absolute atomic E-state index is 13.3. The molecule has 6 nitrogen and oxygen atoms in total. The van der Waals surface area contributed by atoms with E-state index in [4.69, 9.17) is 5.10 Å². The minimum atomic E-state index is -0.253. The number of nitrogens with zero attached hydrogens (tertiary/aromatic N) is 4. The van der Waals surface area contributed by atoms with Gasteiger partial charge in [0.25, 0.3) is 5.91 Å². The van der Waals surface area contributed by atoms with Crippen LogP contribution >= 0.6 is 0 Å². The SMILES string of the molecule is Cc1ccccc1Cn1ccc(NC(=O)c2cn(-c3ccccc3)nc2-c2ccccc2)n1.